The lowest BCUT2D eigenvalue weighted by atomic mass is 10.4. The van der Waals surface area contributed by atoms with Gasteiger partial charge in [0.25, 0.3) is 5.92 Å². The molecule has 0 bridgehead atoms. The standard InChI is InChI=1S/C6H5F2N/c7-6(8)4-5(6)2-1-3-9/h1-2,5H,4H2/b2-1+. The Morgan fingerprint density at radius 1 is 1.67 bits per heavy atom. The number of nitrogens with zero attached hydrogens (tertiary/aromatic N) is 1. The van der Waals surface area contributed by atoms with Crippen molar-refractivity contribution in [1.82, 2.24) is 0 Å². The second-order valence-electron chi connectivity index (χ2n) is 2.06. The summed E-state index contributed by atoms with van der Waals surface area (Å²) in [4.78, 5) is 0. The quantitative estimate of drug-likeness (QED) is 0.494. The summed E-state index contributed by atoms with van der Waals surface area (Å²) in [5.74, 6) is -3.19. The van der Waals surface area contributed by atoms with Crippen LogP contribution in [0.4, 0.5) is 8.78 Å². The Kier molecular flexibility index (Phi) is 1.24. The van der Waals surface area contributed by atoms with Crippen molar-refractivity contribution in [3.05, 3.63) is 12.2 Å². The van der Waals surface area contributed by atoms with Gasteiger partial charge in [-0.05, 0) is 0 Å². The maximum absolute atomic E-state index is 12.0. The summed E-state index contributed by atoms with van der Waals surface area (Å²) in [7, 11) is 0. The number of nitriles is 1. The number of hydrogen-bond acceptors (Lipinski definition) is 1. The van der Waals surface area contributed by atoms with Crippen LogP contribution in [-0.4, -0.2) is 5.92 Å². The van der Waals surface area contributed by atoms with Crippen molar-refractivity contribution < 1.29 is 8.78 Å². The number of halogens is 2. The molecule has 1 atom stereocenters. The van der Waals surface area contributed by atoms with Gasteiger partial charge in [0.15, 0.2) is 0 Å². The molecule has 1 fully saturated rings. The van der Waals surface area contributed by atoms with Crippen LogP contribution >= 0.6 is 0 Å². The van der Waals surface area contributed by atoms with E-state index in [9.17, 15) is 8.78 Å². The van der Waals surface area contributed by atoms with Crippen molar-refractivity contribution in [2.45, 2.75) is 12.3 Å². The Bertz CT molecular complexity index is 178. The average molecular weight is 129 g/mol. The molecule has 1 rings (SSSR count). The third-order valence-corrected chi connectivity index (χ3v) is 1.28. The summed E-state index contributed by atoms with van der Waals surface area (Å²) in [5.41, 5.74) is 0. The van der Waals surface area contributed by atoms with Gasteiger partial charge in [0.1, 0.15) is 0 Å². The molecule has 0 heterocycles. The van der Waals surface area contributed by atoms with E-state index in [-0.39, 0.29) is 6.42 Å². The Balaban J connectivity index is 2.38. The highest BCUT2D eigenvalue weighted by Crippen LogP contribution is 2.49. The molecule has 1 unspecified atom stereocenters. The van der Waals surface area contributed by atoms with Crippen LogP contribution in [0, 0.1) is 17.2 Å². The lowest BCUT2D eigenvalue weighted by molar-refractivity contribution is 0.107. The van der Waals surface area contributed by atoms with E-state index in [1.165, 1.54) is 6.08 Å². The van der Waals surface area contributed by atoms with Crippen LogP contribution in [0.2, 0.25) is 0 Å². The summed E-state index contributed by atoms with van der Waals surface area (Å²) in [6, 6.07) is 1.66. The van der Waals surface area contributed by atoms with Gasteiger partial charge in [-0.1, -0.05) is 6.08 Å². The number of alkyl halides is 2. The molecule has 0 aromatic carbocycles. The zero-order valence-electron chi connectivity index (χ0n) is 4.64. The molecule has 9 heavy (non-hydrogen) atoms. The van der Waals surface area contributed by atoms with Crippen molar-refractivity contribution in [3.63, 3.8) is 0 Å². The van der Waals surface area contributed by atoms with Gasteiger partial charge in [-0.25, -0.2) is 8.78 Å². The number of rotatable bonds is 1. The van der Waals surface area contributed by atoms with Gasteiger partial charge in [-0.15, -0.1) is 0 Å². The molecule has 0 radical (unpaired) electrons. The summed E-state index contributed by atoms with van der Waals surface area (Å²) >= 11 is 0. The third kappa shape index (κ3) is 1.26. The number of hydrogen-bond donors (Lipinski definition) is 0. The molecule has 48 valence electrons. The Morgan fingerprint density at radius 3 is 2.56 bits per heavy atom. The van der Waals surface area contributed by atoms with Crippen molar-refractivity contribution in [1.29, 1.82) is 5.26 Å². The van der Waals surface area contributed by atoms with E-state index in [4.69, 9.17) is 5.26 Å². The Hall–Kier alpha value is -0.910. The van der Waals surface area contributed by atoms with Gasteiger partial charge in [0, 0.05) is 18.4 Å². The summed E-state index contributed by atoms with van der Waals surface area (Å²) in [5, 5.41) is 7.93. The maximum Gasteiger partial charge on any atom is 0.255 e. The van der Waals surface area contributed by atoms with Crippen LogP contribution in [0.5, 0.6) is 0 Å². The molecule has 3 heteroatoms. The largest absolute Gasteiger partial charge is 0.255 e. The van der Waals surface area contributed by atoms with Crippen LogP contribution in [-0.2, 0) is 0 Å². The van der Waals surface area contributed by atoms with Gasteiger partial charge in [0.05, 0.1) is 6.07 Å². The Morgan fingerprint density at radius 2 is 2.22 bits per heavy atom. The molecule has 0 saturated heterocycles. The van der Waals surface area contributed by atoms with Gasteiger partial charge in [-0.3, -0.25) is 0 Å². The summed E-state index contributed by atoms with van der Waals surface area (Å²) in [6.07, 6.45) is 2.26. The predicted molar refractivity (Wildman–Crippen MR) is 27.8 cm³/mol. The van der Waals surface area contributed by atoms with Gasteiger partial charge in [0.2, 0.25) is 0 Å². The van der Waals surface area contributed by atoms with E-state index in [1.807, 2.05) is 0 Å². The highest BCUT2D eigenvalue weighted by molar-refractivity contribution is 5.13. The fourth-order valence-corrected chi connectivity index (χ4v) is 0.602. The predicted octanol–water partition coefficient (Wildman–Crippen LogP) is 1.72. The molecular weight excluding hydrogens is 124 g/mol. The van der Waals surface area contributed by atoms with Crippen LogP contribution in [0.25, 0.3) is 0 Å². The van der Waals surface area contributed by atoms with Crippen molar-refractivity contribution in [3.8, 4) is 6.07 Å². The second-order valence-corrected chi connectivity index (χ2v) is 2.06. The highest BCUT2D eigenvalue weighted by Gasteiger charge is 2.55. The number of allylic oxidation sites excluding steroid dienone is 2. The molecular formula is C6H5F2N. The molecule has 0 aromatic rings. The molecule has 0 amide bonds. The molecule has 1 nitrogen and oxygen atoms in total. The first-order valence-electron chi connectivity index (χ1n) is 2.61. The van der Waals surface area contributed by atoms with Gasteiger partial charge < -0.3 is 0 Å². The fourth-order valence-electron chi connectivity index (χ4n) is 0.602. The molecule has 0 aliphatic heterocycles. The second kappa shape index (κ2) is 1.80. The molecule has 1 saturated carbocycles. The zero-order valence-corrected chi connectivity index (χ0v) is 4.64. The molecule has 0 spiro atoms. The van der Waals surface area contributed by atoms with E-state index in [2.05, 4.69) is 0 Å². The van der Waals surface area contributed by atoms with E-state index in [1.54, 1.807) is 6.07 Å². The average Bonchev–Trinajstić information content (AvgIpc) is 2.35. The highest BCUT2D eigenvalue weighted by atomic mass is 19.3. The van der Waals surface area contributed by atoms with Crippen molar-refractivity contribution in [2.75, 3.05) is 0 Å². The first kappa shape index (κ1) is 6.21. The lowest BCUT2D eigenvalue weighted by Crippen LogP contribution is -1.88. The SMILES string of the molecule is N#C/C=C/C1CC1(F)F. The monoisotopic (exact) mass is 129 g/mol. The van der Waals surface area contributed by atoms with Crippen LogP contribution < -0.4 is 0 Å². The molecule has 1 aliphatic rings. The molecule has 1 aliphatic carbocycles. The fraction of sp³-hybridized carbons (Fsp3) is 0.500. The van der Waals surface area contributed by atoms with Gasteiger partial charge >= 0.3 is 0 Å². The minimum absolute atomic E-state index is 0.0921. The minimum atomic E-state index is -2.52. The summed E-state index contributed by atoms with van der Waals surface area (Å²) < 4.78 is 23.9. The smallest absolute Gasteiger partial charge is 0.206 e. The minimum Gasteiger partial charge on any atom is -0.206 e. The first-order chi connectivity index (χ1) is 4.17. The van der Waals surface area contributed by atoms with Crippen LogP contribution in [0.3, 0.4) is 0 Å². The third-order valence-electron chi connectivity index (χ3n) is 1.28. The van der Waals surface area contributed by atoms with Crippen molar-refractivity contribution >= 4 is 0 Å². The van der Waals surface area contributed by atoms with Crippen molar-refractivity contribution in [2.24, 2.45) is 5.92 Å². The van der Waals surface area contributed by atoms with Crippen LogP contribution in [0.15, 0.2) is 12.2 Å². The van der Waals surface area contributed by atoms with Gasteiger partial charge in [-0.2, -0.15) is 5.26 Å². The Labute approximate surface area is 51.6 Å². The molecule has 0 aromatic heterocycles. The normalized spacial score (nSPS) is 30.1. The summed E-state index contributed by atoms with van der Waals surface area (Å²) in [6.45, 7) is 0. The molecule has 0 N–H and O–H groups in total. The van der Waals surface area contributed by atoms with E-state index in [0.29, 0.717) is 0 Å². The van der Waals surface area contributed by atoms with E-state index >= 15 is 0 Å². The topological polar surface area (TPSA) is 23.8 Å². The van der Waals surface area contributed by atoms with Crippen LogP contribution in [0.1, 0.15) is 6.42 Å². The first-order valence-corrected chi connectivity index (χ1v) is 2.61. The lowest BCUT2D eigenvalue weighted by Gasteiger charge is -1.84. The maximum atomic E-state index is 12.0. The van der Waals surface area contributed by atoms with E-state index in [0.717, 1.165) is 6.08 Å². The zero-order chi connectivity index (χ0) is 6.91. The van der Waals surface area contributed by atoms with E-state index < -0.39 is 11.8 Å².